The average Bonchev–Trinajstić information content (AvgIpc) is 1.59. The van der Waals surface area contributed by atoms with Crippen LogP contribution < -0.4 is 4.44 Å². The molecule has 0 aliphatic rings. The molecular formula is C8H20GaN. The van der Waals surface area contributed by atoms with Crippen LogP contribution in [0.5, 0.6) is 0 Å². The van der Waals surface area contributed by atoms with Gasteiger partial charge >= 0.3 is 70.4 Å². The molecule has 2 heteroatoms. The second kappa shape index (κ2) is 2.92. The van der Waals surface area contributed by atoms with E-state index in [1.807, 2.05) is 0 Å². The third-order valence-electron chi connectivity index (χ3n) is 1.87. The second-order valence-corrected chi connectivity index (χ2v) is 14.5. The van der Waals surface area contributed by atoms with Crippen LogP contribution in [0, 0.1) is 0 Å². The van der Waals surface area contributed by atoms with Gasteiger partial charge in [-0.1, -0.05) is 0 Å². The van der Waals surface area contributed by atoms with Gasteiger partial charge in [0, 0.05) is 0 Å². The number of hydrogen-bond donors (Lipinski definition) is 1. The predicted octanol–water partition coefficient (Wildman–Crippen LogP) is 2.54. The summed E-state index contributed by atoms with van der Waals surface area (Å²) in [6.07, 6.45) is 0. The zero-order chi connectivity index (χ0) is 8.58. The fourth-order valence-electron chi connectivity index (χ4n) is 1.30. The quantitative estimate of drug-likeness (QED) is 0.597. The van der Waals surface area contributed by atoms with Gasteiger partial charge in [-0.3, -0.25) is 0 Å². The van der Waals surface area contributed by atoms with E-state index in [1.54, 1.807) is 0 Å². The summed E-state index contributed by atoms with van der Waals surface area (Å²) in [4.78, 5) is 0. The first-order chi connectivity index (χ1) is 4.15. The topological polar surface area (TPSA) is 26.0 Å². The molecule has 0 aliphatic heterocycles. The Labute approximate surface area is 70.7 Å². The third-order valence-corrected chi connectivity index (χ3v) is 9.70. The monoisotopic (exact) mass is 199 g/mol. The van der Waals surface area contributed by atoms with Crippen LogP contribution in [-0.4, -0.2) is 16.5 Å². The zero-order valence-electron chi connectivity index (χ0n) is 8.15. The van der Waals surface area contributed by atoms with Crippen molar-refractivity contribution < 1.29 is 0 Å². The Bertz CT molecular complexity index is 93.4. The van der Waals surface area contributed by atoms with Gasteiger partial charge < -0.3 is 0 Å². The van der Waals surface area contributed by atoms with Gasteiger partial charge in [-0.2, -0.15) is 0 Å². The minimum atomic E-state index is -1.55. The molecule has 0 saturated heterocycles. The van der Waals surface area contributed by atoms with E-state index in [-0.39, 0.29) is 0 Å². The Balaban J connectivity index is 4.23. The van der Waals surface area contributed by atoms with Crippen molar-refractivity contribution in [3.05, 3.63) is 0 Å². The van der Waals surface area contributed by atoms with Gasteiger partial charge in [0.05, 0.1) is 0 Å². The summed E-state index contributed by atoms with van der Waals surface area (Å²) in [6.45, 7) is 13.6. The SMILES string of the molecule is C[C](C)(C)[Ga]([NH2])[C](C)(C)C. The maximum absolute atomic E-state index is 6.22. The van der Waals surface area contributed by atoms with E-state index in [2.05, 4.69) is 41.5 Å². The molecule has 0 bridgehead atoms. The molecule has 2 N–H and O–H groups in total. The van der Waals surface area contributed by atoms with Crippen LogP contribution in [0.15, 0.2) is 0 Å². The Morgan fingerprint density at radius 2 is 1.00 bits per heavy atom. The second-order valence-electron chi connectivity index (χ2n) is 5.21. The van der Waals surface area contributed by atoms with Crippen LogP contribution in [-0.2, 0) is 0 Å². The van der Waals surface area contributed by atoms with E-state index >= 15 is 0 Å². The van der Waals surface area contributed by atoms with E-state index in [0.29, 0.717) is 7.94 Å². The Morgan fingerprint density at radius 3 is 1.00 bits per heavy atom. The molecule has 0 atom stereocenters. The molecule has 0 radical (unpaired) electrons. The van der Waals surface area contributed by atoms with Crippen LogP contribution in [0.4, 0.5) is 0 Å². The van der Waals surface area contributed by atoms with Crippen molar-refractivity contribution in [3.8, 4) is 0 Å². The average molecular weight is 200 g/mol. The van der Waals surface area contributed by atoms with E-state index in [9.17, 15) is 0 Å². The molecule has 0 aromatic carbocycles. The molecule has 10 heavy (non-hydrogen) atoms. The van der Waals surface area contributed by atoms with Crippen LogP contribution in [0.3, 0.4) is 0 Å². The molecule has 0 saturated carbocycles. The first-order valence-corrected chi connectivity index (χ1v) is 7.73. The fraction of sp³-hybridized carbons (Fsp3) is 1.00. The van der Waals surface area contributed by atoms with Crippen molar-refractivity contribution >= 4 is 16.5 Å². The van der Waals surface area contributed by atoms with Crippen molar-refractivity contribution in [2.24, 2.45) is 4.44 Å². The van der Waals surface area contributed by atoms with Crippen molar-refractivity contribution in [2.75, 3.05) is 0 Å². The minimum absolute atomic E-state index is 0.408. The molecule has 0 unspecified atom stereocenters. The summed E-state index contributed by atoms with van der Waals surface area (Å²) in [6, 6.07) is 0. The number of rotatable bonds is 0. The summed E-state index contributed by atoms with van der Waals surface area (Å²) in [5.41, 5.74) is 0. The van der Waals surface area contributed by atoms with Crippen molar-refractivity contribution in [1.82, 2.24) is 0 Å². The predicted molar refractivity (Wildman–Crippen MR) is 49.4 cm³/mol. The number of hydrogen-bond acceptors (Lipinski definition) is 1. The van der Waals surface area contributed by atoms with Gasteiger partial charge in [0.15, 0.2) is 0 Å². The van der Waals surface area contributed by atoms with E-state index in [4.69, 9.17) is 4.44 Å². The molecular weight excluding hydrogens is 180 g/mol. The van der Waals surface area contributed by atoms with Gasteiger partial charge in [-0.25, -0.2) is 0 Å². The standard InChI is InChI=1S/2C4H9.Ga.H2N/c2*1-4(2)3;;/h2*1-3H3;;1H2/q;;+1;-1. The fourth-order valence-corrected chi connectivity index (χ4v) is 6.75. The summed E-state index contributed by atoms with van der Waals surface area (Å²) in [5.74, 6) is 0. The van der Waals surface area contributed by atoms with E-state index in [0.717, 1.165) is 0 Å². The van der Waals surface area contributed by atoms with Crippen LogP contribution in [0.25, 0.3) is 0 Å². The molecule has 0 aliphatic carbocycles. The summed E-state index contributed by atoms with van der Waals surface area (Å²) in [7, 11) is 0. The molecule has 1 nitrogen and oxygen atoms in total. The zero-order valence-corrected chi connectivity index (χ0v) is 10.6. The van der Waals surface area contributed by atoms with Gasteiger partial charge in [0.1, 0.15) is 0 Å². The summed E-state index contributed by atoms with van der Waals surface area (Å²) in [5, 5.41) is 0. The van der Waals surface area contributed by atoms with E-state index in [1.165, 1.54) is 0 Å². The van der Waals surface area contributed by atoms with Gasteiger partial charge in [0.2, 0.25) is 0 Å². The molecule has 0 rings (SSSR count). The third kappa shape index (κ3) is 3.13. The Morgan fingerprint density at radius 1 is 0.800 bits per heavy atom. The molecule has 0 aromatic rings. The molecule has 0 amide bonds. The van der Waals surface area contributed by atoms with Crippen LogP contribution in [0.1, 0.15) is 41.5 Å². The van der Waals surface area contributed by atoms with Gasteiger partial charge in [0.25, 0.3) is 0 Å². The Hall–Kier alpha value is 0.596. The summed E-state index contributed by atoms with van der Waals surface area (Å²) < 4.78 is 7.03. The summed E-state index contributed by atoms with van der Waals surface area (Å²) >= 11 is -1.55. The molecule has 0 spiro atoms. The molecule has 60 valence electrons. The van der Waals surface area contributed by atoms with Crippen molar-refractivity contribution in [1.29, 1.82) is 0 Å². The van der Waals surface area contributed by atoms with Crippen molar-refractivity contribution in [3.63, 3.8) is 0 Å². The normalized spacial score (nSPS) is 13.5. The van der Waals surface area contributed by atoms with Crippen LogP contribution >= 0.6 is 0 Å². The first kappa shape index (κ1) is 10.6. The van der Waals surface area contributed by atoms with Gasteiger partial charge in [-0.05, 0) is 0 Å². The molecule has 0 heterocycles. The molecule has 0 aromatic heterocycles. The van der Waals surface area contributed by atoms with Gasteiger partial charge in [-0.15, -0.1) is 0 Å². The van der Waals surface area contributed by atoms with Crippen molar-refractivity contribution in [2.45, 2.75) is 49.5 Å². The first-order valence-electron chi connectivity index (χ1n) is 3.91. The molecule has 0 fully saturated rings. The number of nitrogens with two attached hydrogens (primary N) is 1. The van der Waals surface area contributed by atoms with Crippen LogP contribution in [0.2, 0.25) is 7.94 Å². The maximum atomic E-state index is 6.22. The van der Waals surface area contributed by atoms with E-state index < -0.39 is 16.5 Å². The Kier molecular flexibility index (Phi) is 3.09.